The summed E-state index contributed by atoms with van der Waals surface area (Å²) in [6, 6.07) is 15.6. The molecule has 0 radical (unpaired) electrons. The lowest BCUT2D eigenvalue weighted by atomic mass is 10.0. The molecule has 1 nitrogen and oxygen atoms in total. The zero-order valence-corrected chi connectivity index (χ0v) is 13.1. The van der Waals surface area contributed by atoms with Crippen molar-refractivity contribution in [1.82, 2.24) is 5.32 Å². The second-order valence-electron chi connectivity index (χ2n) is 6.07. The number of hydrogen-bond donors (Lipinski definition) is 1. The van der Waals surface area contributed by atoms with Gasteiger partial charge in [0.05, 0.1) is 0 Å². The molecule has 0 aliphatic heterocycles. The molecule has 2 aromatic rings. The van der Waals surface area contributed by atoms with Crippen LogP contribution >= 0.6 is 0 Å². The molecule has 112 valence electrons. The highest BCUT2D eigenvalue weighted by molar-refractivity contribution is 5.24. The molecular formula is C19H24FN. The SMILES string of the molecule is CC(C)Cc1ccc(CN[C@@H](C)c2cccc(F)c2)cc1. The zero-order valence-electron chi connectivity index (χ0n) is 13.1. The van der Waals surface area contributed by atoms with Gasteiger partial charge in [-0.15, -0.1) is 0 Å². The van der Waals surface area contributed by atoms with E-state index in [4.69, 9.17) is 0 Å². The van der Waals surface area contributed by atoms with Crippen molar-refractivity contribution in [2.75, 3.05) is 0 Å². The average Bonchev–Trinajstić information content (AvgIpc) is 2.45. The van der Waals surface area contributed by atoms with Crippen molar-refractivity contribution >= 4 is 0 Å². The standard InChI is InChI=1S/C19H24FN/c1-14(2)11-16-7-9-17(10-8-16)13-21-15(3)18-5-4-6-19(20)12-18/h4-10,12,14-15,21H,11,13H2,1-3H3/t15-/m0/s1. The smallest absolute Gasteiger partial charge is 0.123 e. The fourth-order valence-electron chi connectivity index (χ4n) is 2.43. The molecule has 0 saturated heterocycles. The maximum absolute atomic E-state index is 13.2. The molecule has 21 heavy (non-hydrogen) atoms. The van der Waals surface area contributed by atoms with Crippen molar-refractivity contribution in [2.45, 2.75) is 39.8 Å². The summed E-state index contributed by atoms with van der Waals surface area (Å²) in [5.74, 6) is 0.501. The summed E-state index contributed by atoms with van der Waals surface area (Å²) >= 11 is 0. The summed E-state index contributed by atoms with van der Waals surface area (Å²) < 4.78 is 13.2. The molecule has 0 unspecified atom stereocenters. The number of benzene rings is 2. The lowest BCUT2D eigenvalue weighted by Crippen LogP contribution is -2.18. The maximum atomic E-state index is 13.2. The Morgan fingerprint density at radius 2 is 1.62 bits per heavy atom. The summed E-state index contributed by atoms with van der Waals surface area (Å²) in [6.07, 6.45) is 1.12. The molecule has 0 amide bonds. The first-order chi connectivity index (χ1) is 10.0. The third-order valence-corrected chi connectivity index (χ3v) is 3.63. The topological polar surface area (TPSA) is 12.0 Å². The lowest BCUT2D eigenvalue weighted by molar-refractivity contribution is 0.565. The first-order valence-electron chi connectivity index (χ1n) is 7.61. The minimum Gasteiger partial charge on any atom is -0.306 e. The van der Waals surface area contributed by atoms with Gasteiger partial charge < -0.3 is 5.32 Å². The van der Waals surface area contributed by atoms with E-state index in [-0.39, 0.29) is 11.9 Å². The third kappa shape index (κ3) is 4.98. The van der Waals surface area contributed by atoms with Gasteiger partial charge in [0.1, 0.15) is 5.82 Å². The summed E-state index contributed by atoms with van der Waals surface area (Å²) in [4.78, 5) is 0. The van der Waals surface area contributed by atoms with Gasteiger partial charge in [0.2, 0.25) is 0 Å². The molecule has 0 aliphatic carbocycles. The van der Waals surface area contributed by atoms with Crippen molar-refractivity contribution in [3.05, 3.63) is 71.0 Å². The summed E-state index contributed by atoms with van der Waals surface area (Å²) in [5.41, 5.74) is 3.61. The van der Waals surface area contributed by atoms with E-state index in [1.54, 1.807) is 12.1 Å². The Morgan fingerprint density at radius 1 is 0.952 bits per heavy atom. The normalized spacial score (nSPS) is 12.6. The largest absolute Gasteiger partial charge is 0.306 e. The Labute approximate surface area is 127 Å². The van der Waals surface area contributed by atoms with Gasteiger partial charge in [0.15, 0.2) is 0 Å². The van der Waals surface area contributed by atoms with Gasteiger partial charge in [-0.2, -0.15) is 0 Å². The first-order valence-corrected chi connectivity index (χ1v) is 7.61. The average molecular weight is 285 g/mol. The van der Waals surface area contributed by atoms with E-state index in [0.29, 0.717) is 5.92 Å². The van der Waals surface area contributed by atoms with Crippen LogP contribution in [0.3, 0.4) is 0 Å². The van der Waals surface area contributed by atoms with Crippen LogP contribution in [0.25, 0.3) is 0 Å². The highest BCUT2D eigenvalue weighted by Gasteiger charge is 2.06. The molecule has 1 atom stereocenters. The molecule has 0 aliphatic rings. The van der Waals surface area contributed by atoms with Crippen LogP contribution in [0.2, 0.25) is 0 Å². The number of rotatable bonds is 6. The van der Waals surface area contributed by atoms with Gasteiger partial charge in [0, 0.05) is 12.6 Å². The molecule has 2 aromatic carbocycles. The monoisotopic (exact) mass is 285 g/mol. The second-order valence-corrected chi connectivity index (χ2v) is 6.07. The predicted molar refractivity (Wildman–Crippen MR) is 86.6 cm³/mol. The minimum atomic E-state index is -0.181. The van der Waals surface area contributed by atoms with Gasteiger partial charge >= 0.3 is 0 Å². The van der Waals surface area contributed by atoms with E-state index in [1.807, 2.05) is 6.07 Å². The van der Waals surface area contributed by atoms with Gasteiger partial charge in [-0.25, -0.2) is 4.39 Å². The van der Waals surface area contributed by atoms with E-state index >= 15 is 0 Å². The Bertz CT molecular complexity index is 560. The van der Waals surface area contributed by atoms with Crippen molar-refractivity contribution in [2.24, 2.45) is 5.92 Å². The molecule has 0 fully saturated rings. The second kappa shape index (κ2) is 7.37. The Hall–Kier alpha value is -1.67. The molecule has 2 heteroatoms. The van der Waals surface area contributed by atoms with E-state index in [2.05, 4.69) is 50.4 Å². The minimum absolute atomic E-state index is 0.135. The van der Waals surface area contributed by atoms with Crippen LogP contribution in [0.5, 0.6) is 0 Å². The first kappa shape index (κ1) is 15.7. The number of nitrogens with one attached hydrogen (secondary N) is 1. The number of hydrogen-bond acceptors (Lipinski definition) is 1. The molecule has 0 aromatic heterocycles. The van der Waals surface area contributed by atoms with E-state index < -0.39 is 0 Å². The maximum Gasteiger partial charge on any atom is 0.123 e. The quantitative estimate of drug-likeness (QED) is 0.798. The van der Waals surface area contributed by atoms with E-state index in [1.165, 1.54) is 17.2 Å². The van der Waals surface area contributed by atoms with Crippen LogP contribution in [0.1, 0.15) is 43.5 Å². The van der Waals surface area contributed by atoms with E-state index in [0.717, 1.165) is 18.5 Å². The van der Waals surface area contributed by atoms with Crippen molar-refractivity contribution in [3.8, 4) is 0 Å². The highest BCUT2D eigenvalue weighted by Crippen LogP contribution is 2.15. The predicted octanol–water partition coefficient (Wildman–Crippen LogP) is 4.88. The number of halogens is 1. The van der Waals surface area contributed by atoms with Crippen molar-refractivity contribution < 1.29 is 4.39 Å². The molecule has 0 heterocycles. The summed E-state index contributed by atoms with van der Waals surface area (Å²) in [6.45, 7) is 7.31. The Morgan fingerprint density at radius 3 is 2.24 bits per heavy atom. The Balaban J connectivity index is 1.90. The molecular weight excluding hydrogens is 261 g/mol. The molecule has 0 bridgehead atoms. The van der Waals surface area contributed by atoms with Crippen molar-refractivity contribution in [3.63, 3.8) is 0 Å². The summed E-state index contributed by atoms with van der Waals surface area (Å²) in [7, 11) is 0. The Kier molecular flexibility index (Phi) is 5.51. The lowest BCUT2D eigenvalue weighted by Gasteiger charge is -2.15. The van der Waals surface area contributed by atoms with Gasteiger partial charge in [-0.1, -0.05) is 50.2 Å². The van der Waals surface area contributed by atoms with Gasteiger partial charge in [-0.3, -0.25) is 0 Å². The van der Waals surface area contributed by atoms with E-state index in [9.17, 15) is 4.39 Å². The highest BCUT2D eigenvalue weighted by atomic mass is 19.1. The summed E-state index contributed by atoms with van der Waals surface area (Å²) in [5, 5.41) is 3.44. The molecule has 0 spiro atoms. The van der Waals surface area contributed by atoms with Crippen LogP contribution in [0.4, 0.5) is 4.39 Å². The molecule has 1 N–H and O–H groups in total. The van der Waals surface area contributed by atoms with Crippen LogP contribution < -0.4 is 5.32 Å². The zero-order chi connectivity index (χ0) is 15.2. The molecule has 0 saturated carbocycles. The van der Waals surface area contributed by atoms with Crippen LogP contribution in [-0.2, 0) is 13.0 Å². The van der Waals surface area contributed by atoms with Gasteiger partial charge in [0.25, 0.3) is 0 Å². The van der Waals surface area contributed by atoms with Gasteiger partial charge in [-0.05, 0) is 48.1 Å². The molecule has 2 rings (SSSR count). The fourth-order valence-corrected chi connectivity index (χ4v) is 2.43. The van der Waals surface area contributed by atoms with Crippen LogP contribution in [0.15, 0.2) is 48.5 Å². The van der Waals surface area contributed by atoms with Crippen LogP contribution in [0, 0.1) is 11.7 Å². The van der Waals surface area contributed by atoms with Crippen molar-refractivity contribution in [1.29, 1.82) is 0 Å². The third-order valence-electron chi connectivity index (χ3n) is 3.63. The van der Waals surface area contributed by atoms with Crippen LogP contribution in [-0.4, -0.2) is 0 Å². The fraction of sp³-hybridized carbons (Fsp3) is 0.368.